The lowest BCUT2D eigenvalue weighted by Crippen LogP contribution is -2.47. The molecule has 1 aliphatic rings. The maximum atomic E-state index is 13.6. The molecule has 0 amide bonds. The molecule has 2 atom stereocenters. The van der Waals surface area contributed by atoms with Gasteiger partial charge in [-0.2, -0.15) is 0 Å². The first-order valence-electron chi connectivity index (χ1n) is 6.41. The van der Waals surface area contributed by atoms with Crippen molar-refractivity contribution in [2.45, 2.75) is 37.8 Å². The van der Waals surface area contributed by atoms with E-state index in [4.69, 9.17) is 9.84 Å². The quantitative estimate of drug-likeness (QED) is 0.875. The standard InChI is InChI=1S/C14H18FNO3/c1-19-13-6-5-9(8-11(13)15)7-10-3-2-4-12(16-10)14(17)18/h5-6,8,10,12,16H,2-4,7H2,1H3,(H,17,18). The van der Waals surface area contributed by atoms with Crippen molar-refractivity contribution in [1.29, 1.82) is 0 Å². The molecule has 1 saturated heterocycles. The predicted octanol–water partition coefficient (Wildman–Crippen LogP) is 1.97. The molecule has 1 heterocycles. The van der Waals surface area contributed by atoms with Gasteiger partial charge in [-0.15, -0.1) is 0 Å². The number of halogens is 1. The Morgan fingerprint density at radius 3 is 2.95 bits per heavy atom. The van der Waals surface area contributed by atoms with Gasteiger partial charge in [0.25, 0.3) is 0 Å². The van der Waals surface area contributed by atoms with Gasteiger partial charge in [0.05, 0.1) is 7.11 Å². The number of ether oxygens (including phenoxy) is 1. The number of hydrogen-bond donors (Lipinski definition) is 2. The van der Waals surface area contributed by atoms with Gasteiger partial charge in [-0.1, -0.05) is 6.07 Å². The average Bonchev–Trinajstić information content (AvgIpc) is 2.39. The number of hydrogen-bond acceptors (Lipinski definition) is 3. The second-order valence-corrected chi connectivity index (χ2v) is 4.86. The fourth-order valence-electron chi connectivity index (χ4n) is 2.50. The summed E-state index contributed by atoms with van der Waals surface area (Å²) in [6.07, 6.45) is 3.08. The molecule has 0 spiro atoms. The highest BCUT2D eigenvalue weighted by Crippen LogP contribution is 2.21. The summed E-state index contributed by atoms with van der Waals surface area (Å²) in [6, 6.07) is 4.46. The molecule has 1 aromatic carbocycles. The van der Waals surface area contributed by atoms with Gasteiger partial charge in [-0.05, 0) is 43.4 Å². The van der Waals surface area contributed by atoms with Crippen LogP contribution >= 0.6 is 0 Å². The topological polar surface area (TPSA) is 58.6 Å². The van der Waals surface area contributed by atoms with E-state index in [0.717, 1.165) is 18.4 Å². The smallest absolute Gasteiger partial charge is 0.320 e. The molecular weight excluding hydrogens is 249 g/mol. The largest absolute Gasteiger partial charge is 0.494 e. The Balaban J connectivity index is 2.00. The molecule has 5 heteroatoms. The fourth-order valence-corrected chi connectivity index (χ4v) is 2.50. The summed E-state index contributed by atoms with van der Waals surface area (Å²) in [7, 11) is 1.43. The number of benzene rings is 1. The summed E-state index contributed by atoms with van der Waals surface area (Å²) in [4.78, 5) is 11.0. The zero-order valence-corrected chi connectivity index (χ0v) is 10.9. The number of aliphatic carboxylic acids is 1. The van der Waals surface area contributed by atoms with E-state index < -0.39 is 12.0 Å². The van der Waals surface area contributed by atoms with Crippen LogP contribution in [0.25, 0.3) is 0 Å². The molecule has 0 radical (unpaired) electrons. The van der Waals surface area contributed by atoms with Crippen LogP contribution in [0, 0.1) is 5.82 Å². The van der Waals surface area contributed by atoms with Crippen LogP contribution in [0.5, 0.6) is 5.75 Å². The van der Waals surface area contributed by atoms with Crippen LogP contribution in [-0.4, -0.2) is 30.3 Å². The van der Waals surface area contributed by atoms with E-state index in [2.05, 4.69) is 5.32 Å². The molecule has 0 saturated carbocycles. The number of rotatable bonds is 4. The molecule has 2 unspecified atom stereocenters. The summed E-state index contributed by atoms with van der Waals surface area (Å²) in [5.74, 6) is -0.972. The highest BCUT2D eigenvalue weighted by molar-refractivity contribution is 5.73. The first-order chi connectivity index (χ1) is 9.10. The summed E-state index contributed by atoms with van der Waals surface area (Å²) < 4.78 is 18.4. The Morgan fingerprint density at radius 2 is 2.32 bits per heavy atom. The van der Waals surface area contributed by atoms with Crippen molar-refractivity contribution in [3.8, 4) is 5.75 Å². The minimum atomic E-state index is -0.814. The van der Waals surface area contributed by atoms with E-state index in [-0.39, 0.29) is 17.6 Å². The van der Waals surface area contributed by atoms with Crippen molar-refractivity contribution in [3.05, 3.63) is 29.6 Å². The molecule has 0 aliphatic carbocycles. The molecule has 1 fully saturated rings. The SMILES string of the molecule is COc1ccc(CC2CCCC(C(=O)O)N2)cc1F. The lowest BCUT2D eigenvalue weighted by molar-refractivity contribution is -0.140. The molecule has 2 N–H and O–H groups in total. The van der Waals surface area contributed by atoms with Crippen LogP contribution in [0.3, 0.4) is 0 Å². The van der Waals surface area contributed by atoms with Gasteiger partial charge in [-0.3, -0.25) is 4.79 Å². The summed E-state index contributed by atoms with van der Waals surface area (Å²) in [6.45, 7) is 0. The minimum Gasteiger partial charge on any atom is -0.494 e. The lowest BCUT2D eigenvalue weighted by atomic mass is 9.94. The monoisotopic (exact) mass is 267 g/mol. The third kappa shape index (κ3) is 3.44. The number of carboxylic acid groups (broad SMARTS) is 1. The molecule has 19 heavy (non-hydrogen) atoms. The maximum Gasteiger partial charge on any atom is 0.320 e. The van der Waals surface area contributed by atoms with E-state index in [1.54, 1.807) is 6.07 Å². The maximum absolute atomic E-state index is 13.6. The Bertz CT molecular complexity index is 464. The molecule has 1 aliphatic heterocycles. The summed E-state index contributed by atoms with van der Waals surface area (Å²) in [5.41, 5.74) is 0.849. The first-order valence-corrected chi connectivity index (χ1v) is 6.41. The van der Waals surface area contributed by atoms with E-state index in [9.17, 15) is 9.18 Å². The summed E-state index contributed by atoms with van der Waals surface area (Å²) in [5, 5.41) is 12.1. The van der Waals surface area contributed by atoms with E-state index in [0.29, 0.717) is 12.8 Å². The van der Waals surface area contributed by atoms with E-state index >= 15 is 0 Å². The zero-order valence-electron chi connectivity index (χ0n) is 10.9. The molecule has 0 aromatic heterocycles. The molecule has 0 bridgehead atoms. The Hall–Kier alpha value is -1.62. The third-order valence-electron chi connectivity index (χ3n) is 3.48. The van der Waals surface area contributed by atoms with Gasteiger partial charge in [0.2, 0.25) is 0 Å². The number of carbonyl (C=O) groups is 1. The molecule has 104 valence electrons. The molecule has 2 rings (SSSR count). The van der Waals surface area contributed by atoms with Crippen LogP contribution in [0.2, 0.25) is 0 Å². The number of nitrogens with one attached hydrogen (secondary N) is 1. The fraction of sp³-hybridized carbons (Fsp3) is 0.500. The van der Waals surface area contributed by atoms with Gasteiger partial charge in [0.1, 0.15) is 6.04 Å². The number of methoxy groups -OCH3 is 1. The predicted molar refractivity (Wildman–Crippen MR) is 68.9 cm³/mol. The lowest BCUT2D eigenvalue weighted by Gasteiger charge is -2.28. The normalized spacial score (nSPS) is 23.1. The van der Waals surface area contributed by atoms with Crippen molar-refractivity contribution in [2.24, 2.45) is 0 Å². The van der Waals surface area contributed by atoms with E-state index in [1.807, 2.05) is 6.07 Å². The van der Waals surface area contributed by atoms with Crippen molar-refractivity contribution >= 4 is 5.97 Å². The average molecular weight is 267 g/mol. The van der Waals surface area contributed by atoms with Crippen molar-refractivity contribution in [2.75, 3.05) is 7.11 Å². The van der Waals surface area contributed by atoms with Crippen LogP contribution in [0.15, 0.2) is 18.2 Å². The summed E-state index contributed by atoms with van der Waals surface area (Å²) >= 11 is 0. The van der Waals surface area contributed by atoms with Crippen molar-refractivity contribution < 1.29 is 19.0 Å². The Kier molecular flexibility index (Phi) is 4.37. The van der Waals surface area contributed by atoms with Crippen molar-refractivity contribution in [3.63, 3.8) is 0 Å². The second kappa shape index (κ2) is 6.02. The Morgan fingerprint density at radius 1 is 1.53 bits per heavy atom. The second-order valence-electron chi connectivity index (χ2n) is 4.86. The third-order valence-corrected chi connectivity index (χ3v) is 3.48. The zero-order chi connectivity index (χ0) is 13.8. The minimum absolute atomic E-state index is 0.0858. The van der Waals surface area contributed by atoms with Gasteiger partial charge in [0.15, 0.2) is 11.6 Å². The van der Waals surface area contributed by atoms with E-state index in [1.165, 1.54) is 13.2 Å². The van der Waals surface area contributed by atoms with Crippen LogP contribution in [-0.2, 0) is 11.2 Å². The van der Waals surface area contributed by atoms with Gasteiger partial charge in [-0.25, -0.2) is 4.39 Å². The molecule has 1 aromatic rings. The molecule has 4 nitrogen and oxygen atoms in total. The van der Waals surface area contributed by atoms with Crippen molar-refractivity contribution in [1.82, 2.24) is 5.32 Å². The first kappa shape index (κ1) is 13.8. The number of piperidine rings is 1. The van der Waals surface area contributed by atoms with Crippen LogP contribution in [0.4, 0.5) is 4.39 Å². The van der Waals surface area contributed by atoms with Gasteiger partial charge >= 0.3 is 5.97 Å². The molecular formula is C14H18FNO3. The highest BCUT2D eigenvalue weighted by atomic mass is 19.1. The van der Waals surface area contributed by atoms with Gasteiger partial charge < -0.3 is 15.2 Å². The highest BCUT2D eigenvalue weighted by Gasteiger charge is 2.26. The van der Waals surface area contributed by atoms with Gasteiger partial charge in [0, 0.05) is 6.04 Å². The van der Waals surface area contributed by atoms with Crippen LogP contribution < -0.4 is 10.1 Å². The Labute approximate surface area is 111 Å². The van der Waals surface area contributed by atoms with Crippen LogP contribution in [0.1, 0.15) is 24.8 Å². The number of carboxylic acids is 1.